The fourth-order valence-electron chi connectivity index (χ4n) is 3.71. The van der Waals surface area contributed by atoms with Crippen molar-refractivity contribution >= 4 is 23.5 Å². The molecule has 1 atom stereocenters. The largest absolute Gasteiger partial charge is 0.480 e. The summed E-state index contributed by atoms with van der Waals surface area (Å²) in [6, 6.07) is 5.91. The zero-order valence-electron chi connectivity index (χ0n) is 16.7. The number of ether oxygens (including phenoxy) is 2. The number of carbonyl (C=O) groups is 3. The molecule has 2 aromatic rings. The molecule has 0 aliphatic carbocycles. The smallest absolute Gasteiger partial charge is 0.323 e. The molecule has 4 rings (SSSR count). The van der Waals surface area contributed by atoms with Gasteiger partial charge < -0.3 is 24.4 Å². The van der Waals surface area contributed by atoms with Crippen molar-refractivity contribution in [3.8, 4) is 11.6 Å². The molecule has 0 bridgehead atoms. The lowest BCUT2D eigenvalue weighted by Crippen LogP contribution is -2.32. The molecule has 1 N–H and O–H groups in total. The van der Waals surface area contributed by atoms with Crippen LogP contribution in [0.5, 0.6) is 11.6 Å². The van der Waals surface area contributed by atoms with Crippen molar-refractivity contribution in [3.05, 3.63) is 47.4 Å². The minimum atomic E-state index is -1.18. The van der Waals surface area contributed by atoms with E-state index in [0.29, 0.717) is 31.2 Å². The van der Waals surface area contributed by atoms with Crippen LogP contribution in [0.2, 0.25) is 0 Å². The highest BCUT2D eigenvalue weighted by Gasteiger charge is 2.37. The van der Waals surface area contributed by atoms with Crippen LogP contribution in [0.4, 0.5) is 10.1 Å². The van der Waals surface area contributed by atoms with Gasteiger partial charge in [0, 0.05) is 35.8 Å². The maximum atomic E-state index is 14.6. The number of benzene rings is 1. The Bertz CT molecular complexity index is 1040. The molecule has 0 spiro atoms. The van der Waals surface area contributed by atoms with E-state index in [9.17, 15) is 18.8 Å². The second-order valence-corrected chi connectivity index (χ2v) is 7.16. The fraction of sp³-hybridized carbons (Fsp3) is 0.333. The molecule has 10 heteroatoms. The van der Waals surface area contributed by atoms with E-state index in [1.807, 2.05) is 6.92 Å². The molecule has 2 aliphatic heterocycles. The van der Waals surface area contributed by atoms with Crippen LogP contribution >= 0.6 is 0 Å². The first-order chi connectivity index (χ1) is 14.9. The number of halogens is 1. The number of carboxylic acids is 1. The zero-order valence-corrected chi connectivity index (χ0v) is 16.7. The summed E-state index contributed by atoms with van der Waals surface area (Å²) < 4.78 is 25.6. The van der Waals surface area contributed by atoms with E-state index >= 15 is 0 Å². The van der Waals surface area contributed by atoms with Gasteiger partial charge in [-0.25, -0.2) is 9.37 Å². The summed E-state index contributed by atoms with van der Waals surface area (Å²) in [6.07, 6.45) is 1.07. The number of aromatic nitrogens is 1. The van der Waals surface area contributed by atoms with Crippen LogP contribution in [-0.2, 0) is 16.1 Å². The molecule has 0 radical (unpaired) electrons. The lowest BCUT2D eigenvalue weighted by atomic mass is 10.1. The Morgan fingerprint density at radius 3 is 2.81 bits per heavy atom. The van der Waals surface area contributed by atoms with Gasteiger partial charge in [0.1, 0.15) is 18.1 Å². The maximum Gasteiger partial charge on any atom is 0.323 e. The molecule has 2 aliphatic rings. The Balaban J connectivity index is 1.49. The average molecular weight is 429 g/mol. The molecule has 2 amide bonds. The lowest BCUT2D eigenvalue weighted by molar-refractivity contribution is -0.137. The predicted octanol–water partition coefficient (Wildman–Crippen LogP) is 1.84. The molecule has 1 aromatic carbocycles. The van der Waals surface area contributed by atoms with Crippen LogP contribution in [0.1, 0.15) is 29.3 Å². The van der Waals surface area contributed by atoms with Gasteiger partial charge in [-0.05, 0) is 25.1 Å². The van der Waals surface area contributed by atoms with Crippen molar-refractivity contribution in [2.45, 2.75) is 26.0 Å². The average Bonchev–Trinajstić information content (AvgIpc) is 3.24. The Hall–Kier alpha value is -3.69. The molecule has 1 fully saturated rings. The van der Waals surface area contributed by atoms with E-state index in [4.69, 9.17) is 14.6 Å². The van der Waals surface area contributed by atoms with Crippen LogP contribution in [0, 0.1) is 5.82 Å². The second-order valence-electron chi connectivity index (χ2n) is 7.16. The van der Waals surface area contributed by atoms with E-state index < -0.39 is 30.3 Å². The van der Waals surface area contributed by atoms with Crippen molar-refractivity contribution in [1.82, 2.24) is 9.88 Å². The first-order valence-corrected chi connectivity index (χ1v) is 9.77. The van der Waals surface area contributed by atoms with E-state index in [-0.39, 0.29) is 29.3 Å². The van der Waals surface area contributed by atoms with Crippen LogP contribution in [-0.4, -0.2) is 58.6 Å². The summed E-state index contributed by atoms with van der Waals surface area (Å²) in [5, 5.41) is 8.93. The Morgan fingerprint density at radius 2 is 2.13 bits per heavy atom. The number of rotatable bonds is 7. The van der Waals surface area contributed by atoms with E-state index in [0.717, 1.165) is 4.90 Å². The van der Waals surface area contributed by atoms with Gasteiger partial charge in [0.15, 0.2) is 6.10 Å². The van der Waals surface area contributed by atoms with Crippen LogP contribution in [0.15, 0.2) is 30.5 Å². The SMILES string of the molecule is CCOc1ccc(O[C@@H]2CCN(c3cc(F)c4c(c3)C(=O)N(CC(=O)O)C4)C2=O)cn1. The number of aliphatic carboxylic acids is 1. The Morgan fingerprint density at radius 1 is 1.32 bits per heavy atom. The molecule has 162 valence electrons. The number of nitrogens with zero attached hydrogens (tertiary/aromatic N) is 3. The van der Waals surface area contributed by atoms with E-state index in [1.54, 1.807) is 12.1 Å². The Kier molecular flexibility index (Phi) is 5.45. The molecule has 9 nitrogen and oxygen atoms in total. The standard InChI is InChI=1S/C21H20FN3O6/c1-2-30-18-4-3-13(9-23-18)31-17-5-6-25(21(17)29)12-7-14-15(16(22)8-12)10-24(20(14)28)11-19(26)27/h3-4,7-9,17H,2,5-6,10-11H2,1H3,(H,26,27)/t17-/m1/s1. The summed E-state index contributed by atoms with van der Waals surface area (Å²) in [5.74, 6) is -1.91. The zero-order chi connectivity index (χ0) is 22.1. The lowest BCUT2D eigenvalue weighted by Gasteiger charge is -2.18. The van der Waals surface area contributed by atoms with Crippen LogP contribution in [0.25, 0.3) is 0 Å². The third-order valence-corrected chi connectivity index (χ3v) is 5.12. The molecular weight excluding hydrogens is 409 g/mol. The summed E-state index contributed by atoms with van der Waals surface area (Å²) in [4.78, 5) is 42.7. The number of fused-ring (bicyclic) bond motifs is 1. The summed E-state index contributed by atoms with van der Waals surface area (Å²) >= 11 is 0. The molecule has 1 aromatic heterocycles. The predicted molar refractivity (Wildman–Crippen MR) is 106 cm³/mol. The minimum Gasteiger partial charge on any atom is -0.480 e. The van der Waals surface area contributed by atoms with E-state index in [1.165, 1.54) is 23.2 Å². The second kappa shape index (κ2) is 8.21. The number of carboxylic acid groups (broad SMARTS) is 1. The number of hydrogen-bond acceptors (Lipinski definition) is 6. The van der Waals surface area contributed by atoms with Gasteiger partial charge in [-0.3, -0.25) is 14.4 Å². The van der Waals surface area contributed by atoms with Crippen molar-refractivity contribution < 1.29 is 33.4 Å². The highest BCUT2D eigenvalue weighted by Crippen LogP contribution is 2.32. The van der Waals surface area contributed by atoms with Crippen LogP contribution < -0.4 is 14.4 Å². The third kappa shape index (κ3) is 4.00. The highest BCUT2D eigenvalue weighted by molar-refractivity contribution is 6.03. The van der Waals surface area contributed by atoms with Crippen molar-refractivity contribution in [1.29, 1.82) is 0 Å². The molecule has 0 unspecified atom stereocenters. The third-order valence-electron chi connectivity index (χ3n) is 5.12. The summed E-state index contributed by atoms with van der Waals surface area (Å²) in [5.41, 5.74) is 0.446. The van der Waals surface area contributed by atoms with Gasteiger partial charge in [-0.15, -0.1) is 0 Å². The highest BCUT2D eigenvalue weighted by atomic mass is 19.1. The van der Waals surface area contributed by atoms with Gasteiger partial charge >= 0.3 is 5.97 Å². The molecule has 31 heavy (non-hydrogen) atoms. The first-order valence-electron chi connectivity index (χ1n) is 9.77. The molecule has 0 saturated carbocycles. The van der Waals surface area contributed by atoms with Gasteiger partial charge in [-0.1, -0.05) is 0 Å². The molecule has 1 saturated heterocycles. The molecular formula is C21H20FN3O6. The normalized spacial score (nSPS) is 17.8. The number of carbonyl (C=O) groups excluding carboxylic acids is 2. The summed E-state index contributed by atoms with van der Waals surface area (Å²) in [6.45, 7) is 1.99. The van der Waals surface area contributed by atoms with Gasteiger partial charge in [-0.2, -0.15) is 0 Å². The van der Waals surface area contributed by atoms with Crippen molar-refractivity contribution in [3.63, 3.8) is 0 Å². The topological polar surface area (TPSA) is 109 Å². The first kappa shape index (κ1) is 20.6. The number of anilines is 1. The van der Waals surface area contributed by atoms with Crippen molar-refractivity contribution in [2.24, 2.45) is 0 Å². The quantitative estimate of drug-likeness (QED) is 0.715. The maximum absolute atomic E-state index is 14.6. The van der Waals surface area contributed by atoms with Crippen LogP contribution in [0.3, 0.4) is 0 Å². The van der Waals surface area contributed by atoms with Crippen molar-refractivity contribution in [2.75, 3.05) is 24.6 Å². The number of pyridine rings is 1. The molecule has 3 heterocycles. The number of hydrogen-bond donors (Lipinski definition) is 1. The minimum absolute atomic E-state index is 0.0733. The summed E-state index contributed by atoms with van der Waals surface area (Å²) in [7, 11) is 0. The van der Waals surface area contributed by atoms with E-state index in [2.05, 4.69) is 4.98 Å². The van der Waals surface area contributed by atoms with Gasteiger partial charge in [0.25, 0.3) is 11.8 Å². The number of amides is 2. The Labute approximate surface area is 177 Å². The van der Waals surface area contributed by atoms with Gasteiger partial charge in [0.2, 0.25) is 5.88 Å². The monoisotopic (exact) mass is 429 g/mol. The van der Waals surface area contributed by atoms with Gasteiger partial charge in [0.05, 0.1) is 19.3 Å². The fourth-order valence-corrected chi connectivity index (χ4v) is 3.71.